The van der Waals surface area contributed by atoms with Crippen LogP contribution in [-0.2, 0) is 14.1 Å². The number of aryl methyl sites for hydroxylation is 2. The van der Waals surface area contributed by atoms with Gasteiger partial charge >= 0.3 is 6.03 Å². The molecule has 0 aliphatic rings. The van der Waals surface area contributed by atoms with Crippen molar-refractivity contribution in [3.8, 4) is 11.5 Å². The molecule has 0 spiro atoms. The lowest BCUT2D eigenvalue weighted by Gasteiger charge is -2.12. The number of imidazole rings is 1. The van der Waals surface area contributed by atoms with Crippen molar-refractivity contribution in [2.45, 2.75) is 6.10 Å². The van der Waals surface area contributed by atoms with E-state index in [4.69, 9.17) is 0 Å². The first-order valence-electron chi connectivity index (χ1n) is 7.84. The van der Waals surface area contributed by atoms with E-state index in [-0.39, 0.29) is 6.54 Å². The van der Waals surface area contributed by atoms with Gasteiger partial charge in [-0.3, -0.25) is 10.00 Å². The summed E-state index contributed by atoms with van der Waals surface area (Å²) in [6.07, 6.45) is 2.76. The van der Waals surface area contributed by atoms with E-state index >= 15 is 0 Å². The van der Waals surface area contributed by atoms with Crippen LogP contribution in [0.2, 0.25) is 0 Å². The van der Waals surface area contributed by atoms with Crippen LogP contribution in [-0.4, -0.2) is 37.0 Å². The first kappa shape index (κ1) is 16.7. The van der Waals surface area contributed by atoms with Crippen molar-refractivity contribution in [3.05, 3.63) is 54.4 Å². The summed E-state index contributed by atoms with van der Waals surface area (Å²) in [6.45, 7) is 0.111. The number of carbonyl (C=O) groups is 1. The van der Waals surface area contributed by atoms with Crippen molar-refractivity contribution in [1.29, 1.82) is 0 Å². The number of aliphatic hydroxyl groups excluding tert-OH is 1. The van der Waals surface area contributed by atoms with Crippen LogP contribution in [0.15, 0.2) is 48.8 Å². The molecule has 0 unspecified atom stereocenters. The van der Waals surface area contributed by atoms with Crippen LogP contribution < -0.4 is 10.6 Å². The third-order valence-corrected chi connectivity index (χ3v) is 3.81. The number of urea groups is 1. The van der Waals surface area contributed by atoms with Gasteiger partial charge in [-0.05, 0) is 5.56 Å². The number of carbonyl (C=O) groups excluding carboxylic acids is 1. The van der Waals surface area contributed by atoms with Gasteiger partial charge in [0.1, 0.15) is 11.5 Å². The molecule has 0 aliphatic carbocycles. The van der Waals surface area contributed by atoms with Crippen LogP contribution >= 0.6 is 0 Å². The van der Waals surface area contributed by atoms with Crippen LogP contribution in [0.25, 0.3) is 11.5 Å². The number of aliphatic hydroxyl groups is 1. The van der Waals surface area contributed by atoms with E-state index in [1.54, 1.807) is 24.0 Å². The number of anilines is 1. The third-order valence-electron chi connectivity index (χ3n) is 3.81. The molecule has 25 heavy (non-hydrogen) atoms. The summed E-state index contributed by atoms with van der Waals surface area (Å²) in [4.78, 5) is 16.3. The highest BCUT2D eigenvalue weighted by molar-refractivity contribution is 5.88. The highest BCUT2D eigenvalue weighted by Crippen LogP contribution is 2.19. The molecular weight excluding hydrogens is 320 g/mol. The molecule has 3 rings (SSSR count). The molecular formula is C17H20N6O2. The van der Waals surface area contributed by atoms with Crippen molar-refractivity contribution in [2.75, 3.05) is 11.9 Å². The number of hydrogen-bond acceptors (Lipinski definition) is 4. The summed E-state index contributed by atoms with van der Waals surface area (Å²) in [5, 5.41) is 19.8. The van der Waals surface area contributed by atoms with Crippen LogP contribution in [0.4, 0.5) is 10.6 Å². The van der Waals surface area contributed by atoms with Crippen LogP contribution in [0.5, 0.6) is 0 Å². The maximum absolute atomic E-state index is 12.1. The summed E-state index contributed by atoms with van der Waals surface area (Å²) < 4.78 is 3.42. The summed E-state index contributed by atoms with van der Waals surface area (Å²) >= 11 is 0. The molecule has 0 radical (unpaired) electrons. The van der Waals surface area contributed by atoms with Crippen LogP contribution in [0.3, 0.4) is 0 Å². The van der Waals surface area contributed by atoms with E-state index in [1.807, 2.05) is 48.1 Å². The van der Waals surface area contributed by atoms with Crippen LogP contribution in [0, 0.1) is 0 Å². The minimum atomic E-state index is -0.762. The fourth-order valence-electron chi connectivity index (χ4n) is 2.45. The van der Waals surface area contributed by atoms with E-state index in [2.05, 4.69) is 20.7 Å². The smallest absolute Gasteiger partial charge is 0.320 e. The van der Waals surface area contributed by atoms with Crippen molar-refractivity contribution in [1.82, 2.24) is 24.6 Å². The molecule has 0 saturated carbocycles. The number of amides is 2. The molecule has 0 saturated heterocycles. The Kier molecular flexibility index (Phi) is 4.80. The topological polar surface area (TPSA) is 97.0 Å². The molecule has 3 N–H and O–H groups in total. The quantitative estimate of drug-likeness (QED) is 0.658. The lowest BCUT2D eigenvalue weighted by atomic mass is 10.1. The summed E-state index contributed by atoms with van der Waals surface area (Å²) in [7, 11) is 3.61. The van der Waals surface area contributed by atoms with Gasteiger partial charge in [0.05, 0.1) is 6.10 Å². The lowest BCUT2D eigenvalue weighted by Crippen LogP contribution is -2.33. The van der Waals surface area contributed by atoms with Gasteiger partial charge in [0.15, 0.2) is 5.82 Å². The van der Waals surface area contributed by atoms with Crippen molar-refractivity contribution in [3.63, 3.8) is 0 Å². The largest absolute Gasteiger partial charge is 0.387 e. The second-order valence-corrected chi connectivity index (χ2v) is 5.66. The lowest BCUT2D eigenvalue weighted by molar-refractivity contribution is 0.175. The Morgan fingerprint density at radius 2 is 2.04 bits per heavy atom. The van der Waals surface area contributed by atoms with Crippen molar-refractivity contribution >= 4 is 11.8 Å². The predicted octanol–water partition coefficient (Wildman–Crippen LogP) is 1.68. The van der Waals surface area contributed by atoms with E-state index in [9.17, 15) is 9.90 Å². The maximum Gasteiger partial charge on any atom is 0.320 e. The Morgan fingerprint density at radius 3 is 2.72 bits per heavy atom. The molecule has 8 nitrogen and oxygen atoms in total. The summed E-state index contributed by atoms with van der Waals surface area (Å²) in [5.74, 6) is 1.24. The molecule has 2 aromatic heterocycles. The first-order valence-corrected chi connectivity index (χ1v) is 7.84. The van der Waals surface area contributed by atoms with Gasteiger partial charge < -0.3 is 15.0 Å². The second-order valence-electron chi connectivity index (χ2n) is 5.66. The van der Waals surface area contributed by atoms with Gasteiger partial charge in [-0.2, -0.15) is 5.10 Å². The molecule has 1 atom stereocenters. The standard InChI is InChI=1S/C17H20N6O2/c1-22-9-8-18-16(22)13-10-15(23(2)21-13)20-17(25)19-11-14(24)12-6-4-3-5-7-12/h3-10,14,24H,11H2,1-2H3,(H2,19,20,25)/t14-/m0/s1. The Morgan fingerprint density at radius 1 is 1.28 bits per heavy atom. The molecule has 1 aromatic carbocycles. The average Bonchev–Trinajstić information content (AvgIpc) is 3.19. The molecule has 2 amide bonds. The Balaban J connectivity index is 1.60. The molecule has 2 heterocycles. The van der Waals surface area contributed by atoms with Gasteiger partial charge in [-0.25, -0.2) is 9.78 Å². The van der Waals surface area contributed by atoms with Gasteiger partial charge in [0, 0.05) is 39.1 Å². The molecule has 0 fully saturated rings. The Hall–Kier alpha value is -3.13. The van der Waals surface area contributed by atoms with E-state index in [1.165, 1.54) is 0 Å². The van der Waals surface area contributed by atoms with Gasteiger partial charge in [0.2, 0.25) is 0 Å². The van der Waals surface area contributed by atoms with Gasteiger partial charge in [-0.1, -0.05) is 30.3 Å². The van der Waals surface area contributed by atoms with Gasteiger partial charge in [-0.15, -0.1) is 0 Å². The monoisotopic (exact) mass is 340 g/mol. The third kappa shape index (κ3) is 3.86. The highest BCUT2D eigenvalue weighted by atomic mass is 16.3. The average molecular weight is 340 g/mol. The normalized spacial score (nSPS) is 12.0. The number of nitrogens with one attached hydrogen (secondary N) is 2. The van der Waals surface area contributed by atoms with Crippen molar-refractivity contribution in [2.24, 2.45) is 14.1 Å². The Labute approximate surface area is 145 Å². The molecule has 8 heteroatoms. The fraction of sp³-hybridized carbons (Fsp3) is 0.235. The Bertz CT molecular complexity index is 855. The highest BCUT2D eigenvalue weighted by Gasteiger charge is 2.14. The van der Waals surface area contributed by atoms with E-state index < -0.39 is 12.1 Å². The van der Waals surface area contributed by atoms with Crippen LogP contribution in [0.1, 0.15) is 11.7 Å². The maximum atomic E-state index is 12.1. The number of aromatic nitrogens is 4. The zero-order chi connectivity index (χ0) is 17.8. The SMILES string of the molecule is Cn1ccnc1-c1cc(NC(=O)NC[C@H](O)c2ccccc2)n(C)n1. The molecule has 0 bridgehead atoms. The van der Waals surface area contributed by atoms with E-state index in [0.717, 1.165) is 5.56 Å². The predicted molar refractivity (Wildman–Crippen MR) is 93.8 cm³/mol. The van der Waals surface area contributed by atoms with E-state index in [0.29, 0.717) is 17.3 Å². The minimum absolute atomic E-state index is 0.111. The molecule has 130 valence electrons. The zero-order valence-corrected chi connectivity index (χ0v) is 14.0. The zero-order valence-electron chi connectivity index (χ0n) is 14.0. The number of nitrogens with zero attached hydrogens (tertiary/aromatic N) is 4. The minimum Gasteiger partial charge on any atom is -0.387 e. The summed E-state index contributed by atoms with van der Waals surface area (Å²) in [6, 6.07) is 10.5. The number of rotatable bonds is 5. The molecule has 3 aromatic rings. The summed E-state index contributed by atoms with van der Waals surface area (Å²) in [5.41, 5.74) is 1.41. The first-order chi connectivity index (χ1) is 12.0. The number of benzene rings is 1. The second kappa shape index (κ2) is 7.18. The van der Waals surface area contributed by atoms with Gasteiger partial charge in [0.25, 0.3) is 0 Å². The molecule has 0 aliphatic heterocycles. The number of hydrogen-bond donors (Lipinski definition) is 3. The van der Waals surface area contributed by atoms with Crippen molar-refractivity contribution < 1.29 is 9.90 Å². The fourth-order valence-corrected chi connectivity index (χ4v) is 2.45.